The highest BCUT2D eigenvalue weighted by molar-refractivity contribution is 5.06. The molecular weight excluding hydrogens is 350 g/mol. The Morgan fingerprint density at radius 2 is 1.17 bits per heavy atom. The second-order valence-electron chi connectivity index (χ2n) is 11.2. The Hall–Kier alpha value is -0.510. The minimum Gasteiger partial charge on any atom is -0.198 e. The van der Waals surface area contributed by atoms with Crippen LogP contribution in [0.15, 0.2) is 0 Å². The molecule has 3 aliphatic carbocycles. The molecule has 0 unspecified atom stereocenters. The van der Waals surface area contributed by atoms with Crippen LogP contribution in [0.4, 0.5) is 0 Å². The molecule has 0 atom stereocenters. The Morgan fingerprint density at radius 3 is 1.72 bits per heavy atom. The third-order valence-corrected chi connectivity index (χ3v) is 9.51. The maximum Gasteiger partial charge on any atom is 0.0692 e. The topological polar surface area (TPSA) is 23.8 Å². The first-order valence-electron chi connectivity index (χ1n) is 13.6. The van der Waals surface area contributed by atoms with Crippen LogP contribution < -0.4 is 0 Å². The predicted octanol–water partition coefficient (Wildman–Crippen LogP) is 9.07. The normalized spacial score (nSPS) is 38.4. The van der Waals surface area contributed by atoms with Crippen molar-refractivity contribution in [2.75, 3.05) is 0 Å². The highest BCUT2D eigenvalue weighted by Gasteiger charge is 2.44. The number of unbranched alkanes of at least 4 members (excludes halogenated alkanes) is 3. The Morgan fingerprint density at radius 1 is 0.655 bits per heavy atom. The summed E-state index contributed by atoms with van der Waals surface area (Å²) in [4.78, 5) is 0. The summed E-state index contributed by atoms with van der Waals surface area (Å²) in [5.74, 6) is 4.63. The molecule has 29 heavy (non-hydrogen) atoms. The van der Waals surface area contributed by atoms with Gasteiger partial charge in [0.25, 0.3) is 0 Å². The maximum atomic E-state index is 10.2. The Bertz CT molecular complexity index is 479. The van der Waals surface area contributed by atoms with Crippen molar-refractivity contribution in [1.29, 1.82) is 5.26 Å². The van der Waals surface area contributed by atoms with Crippen molar-refractivity contribution < 1.29 is 0 Å². The molecule has 3 saturated carbocycles. The average molecular weight is 400 g/mol. The molecule has 1 nitrogen and oxygen atoms in total. The van der Waals surface area contributed by atoms with Gasteiger partial charge in [0.15, 0.2) is 0 Å². The van der Waals surface area contributed by atoms with E-state index in [4.69, 9.17) is 0 Å². The fourth-order valence-electron chi connectivity index (χ4n) is 7.37. The standard InChI is InChI=1S/C28H49N/c1-3-5-7-9-24-10-14-25(15-11-24)26-18-20-28(22-29,21-19-26)27-16-12-23(13-17-27)8-6-4-2/h23-27H,3-21H2,1-2H3. The molecule has 0 aromatic heterocycles. The van der Waals surface area contributed by atoms with Gasteiger partial charge in [0.2, 0.25) is 0 Å². The molecule has 166 valence electrons. The monoisotopic (exact) mass is 399 g/mol. The summed E-state index contributed by atoms with van der Waals surface area (Å²) in [6.45, 7) is 4.63. The number of nitriles is 1. The summed E-state index contributed by atoms with van der Waals surface area (Å²) in [5, 5.41) is 10.2. The van der Waals surface area contributed by atoms with Crippen LogP contribution in [0.3, 0.4) is 0 Å². The quantitative estimate of drug-likeness (QED) is 0.355. The Balaban J connectivity index is 1.41. The van der Waals surface area contributed by atoms with Gasteiger partial charge in [-0.05, 0) is 81.0 Å². The van der Waals surface area contributed by atoms with E-state index in [1.807, 2.05) is 0 Å². The van der Waals surface area contributed by atoms with Crippen LogP contribution >= 0.6 is 0 Å². The van der Waals surface area contributed by atoms with E-state index in [2.05, 4.69) is 19.9 Å². The fraction of sp³-hybridized carbons (Fsp3) is 0.964. The van der Waals surface area contributed by atoms with E-state index in [9.17, 15) is 5.26 Å². The van der Waals surface area contributed by atoms with E-state index in [0.717, 1.165) is 23.7 Å². The van der Waals surface area contributed by atoms with Crippen LogP contribution in [-0.4, -0.2) is 0 Å². The fourth-order valence-corrected chi connectivity index (χ4v) is 7.37. The van der Waals surface area contributed by atoms with Crippen molar-refractivity contribution in [1.82, 2.24) is 0 Å². The third-order valence-electron chi connectivity index (χ3n) is 9.51. The van der Waals surface area contributed by atoms with Crippen molar-refractivity contribution in [2.45, 2.75) is 136 Å². The molecule has 0 amide bonds. The third kappa shape index (κ3) is 6.24. The summed E-state index contributed by atoms with van der Waals surface area (Å²) in [6, 6.07) is 2.90. The van der Waals surface area contributed by atoms with Crippen molar-refractivity contribution in [2.24, 2.45) is 35.0 Å². The zero-order valence-corrected chi connectivity index (χ0v) is 19.8. The van der Waals surface area contributed by atoms with E-state index >= 15 is 0 Å². The summed E-state index contributed by atoms with van der Waals surface area (Å²) >= 11 is 0. The van der Waals surface area contributed by atoms with Crippen molar-refractivity contribution in [3.63, 3.8) is 0 Å². The molecule has 0 radical (unpaired) electrons. The molecule has 0 aliphatic heterocycles. The van der Waals surface area contributed by atoms with Gasteiger partial charge in [0, 0.05) is 0 Å². The SMILES string of the molecule is CCCCCC1CCC(C2CCC(C#N)(C3CCC(CCCC)CC3)CC2)CC1. The molecule has 0 aromatic carbocycles. The van der Waals surface area contributed by atoms with E-state index in [1.54, 1.807) is 0 Å². The minimum atomic E-state index is 0.0452. The second kappa shape index (κ2) is 11.8. The first kappa shape index (κ1) is 23.2. The summed E-state index contributed by atoms with van der Waals surface area (Å²) in [6.07, 6.45) is 26.5. The first-order chi connectivity index (χ1) is 14.2. The highest BCUT2D eigenvalue weighted by atomic mass is 14.5. The lowest BCUT2D eigenvalue weighted by Gasteiger charge is -2.46. The van der Waals surface area contributed by atoms with Crippen LogP contribution in [0.5, 0.6) is 0 Å². The van der Waals surface area contributed by atoms with Gasteiger partial charge >= 0.3 is 0 Å². The van der Waals surface area contributed by atoms with Gasteiger partial charge < -0.3 is 0 Å². The van der Waals surface area contributed by atoms with Gasteiger partial charge in [-0.1, -0.05) is 84.5 Å². The predicted molar refractivity (Wildman–Crippen MR) is 125 cm³/mol. The summed E-state index contributed by atoms with van der Waals surface area (Å²) in [7, 11) is 0. The van der Waals surface area contributed by atoms with Gasteiger partial charge in [-0.3, -0.25) is 0 Å². The van der Waals surface area contributed by atoms with Crippen LogP contribution in [0.1, 0.15) is 136 Å². The molecule has 0 heterocycles. The van der Waals surface area contributed by atoms with Gasteiger partial charge in [0.1, 0.15) is 0 Å². The number of hydrogen-bond acceptors (Lipinski definition) is 1. The molecule has 0 aromatic rings. The van der Waals surface area contributed by atoms with Gasteiger partial charge in [-0.2, -0.15) is 5.26 Å². The van der Waals surface area contributed by atoms with E-state index < -0.39 is 0 Å². The van der Waals surface area contributed by atoms with Gasteiger partial charge in [0.05, 0.1) is 11.5 Å². The van der Waals surface area contributed by atoms with Crippen LogP contribution in [0.25, 0.3) is 0 Å². The van der Waals surface area contributed by atoms with E-state index in [-0.39, 0.29) is 5.41 Å². The van der Waals surface area contributed by atoms with Crippen LogP contribution in [-0.2, 0) is 0 Å². The lowest BCUT2D eigenvalue weighted by Crippen LogP contribution is -2.38. The Kier molecular flexibility index (Phi) is 9.40. The number of nitrogens with zero attached hydrogens (tertiary/aromatic N) is 1. The van der Waals surface area contributed by atoms with Crippen molar-refractivity contribution in [3.8, 4) is 6.07 Å². The zero-order valence-electron chi connectivity index (χ0n) is 19.8. The zero-order chi connectivity index (χ0) is 20.5. The molecule has 3 fully saturated rings. The minimum absolute atomic E-state index is 0.0452. The molecule has 0 bridgehead atoms. The first-order valence-corrected chi connectivity index (χ1v) is 13.6. The van der Waals surface area contributed by atoms with E-state index in [1.165, 1.54) is 122 Å². The molecule has 3 rings (SSSR count). The van der Waals surface area contributed by atoms with Gasteiger partial charge in [-0.25, -0.2) is 0 Å². The Labute approximate surface area is 182 Å². The van der Waals surface area contributed by atoms with Crippen molar-refractivity contribution >= 4 is 0 Å². The molecule has 0 saturated heterocycles. The molecular formula is C28H49N. The van der Waals surface area contributed by atoms with Crippen molar-refractivity contribution in [3.05, 3.63) is 0 Å². The van der Waals surface area contributed by atoms with Crippen LogP contribution in [0, 0.1) is 46.3 Å². The lowest BCUT2D eigenvalue weighted by atomic mass is 9.57. The molecule has 0 N–H and O–H groups in total. The van der Waals surface area contributed by atoms with Crippen LogP contribution in [0.2, 0.25) is 0 Å². The number of hydrogen-bond donors (Lipinski definition) is 0. The highest BCUT2D eigenvalue weighted by Crippen LogP contribution is 2.52. The lowest BCUT2D eigenvalue weighted by molar-refractivity contribution is 0.0601. The summed E-state index contributed by atoms with van der Waals surface area (Å²) in [5.41, 5.74) is 0.0452. The summed E-state index contributed by atoms with van der Waals surface area (Å²) < 4.78 is 0. The largest absolute Gasteiger partial charge is 0.198 e. The molecule has 1 heteroatoms. The van der Waals surface area contributed by atoms with E-state index in [0.29, 0.717) is 5.92 Å². The maximum absolute atomic E-state index is 10.2. The smallest absolute Gasteiger partial charge is 0.0692 e. The van der Waals surface area contributed by atoms with Gasteiger partial charge in [-0.15, -0.1) is 0 Å². The molecule has 0 spiro atoms. The second-order valence-corrected chi connectivity index (χ2v) is 11.2. The molecule has 3 aliphatic rings. The average Bonchev–Trinajstić information content (AvgIpc) is 2.79. The number of rotatable bonds is 9.